The van der Waals surface area contributed by atoms with Gasteiger partial charge in [-0.2, -0.15) is 0 Å². The maximum absolute atomic E-state index is 12.2. The zero-order valence-electron chi connectivity index (χ0n) is 13.8. The molecule has 2 N–H and O–H groups in total. The third kappa shape index (κ3) is 5.12. The molecule has 0 aliphatic rings. The maximum atomic E-state index is 12.2. The normalized spacial score (nSPS) is 10.5. The van der Waals surface area contributed by atoms with Gasteiger partial charge in [-0.15, -0.1) is 0 Å². The molecule has 0 heterocycles. The van der Waals surface area contributed by atoms with Crippen LogP contribution in [0.25, 0.3) is 0 Å². The summed E-state index contributed by atoms with van der Waals surface area (Å²) in [7, 11) is 0. The number of carboxylic acid groups (broad SMARTS) is 1. The number of ether oxygens (including phenoxy) is 1. The number of rotatable bonds is 7. The van der Waals surface area contributed by atoms with Gasteiger partial charge in [0.25, 0.3) is 0 Å². The molecular weight excluding hydrogens is 306 g/mol. The molecule has 2 rings (SSSR count). The topological polar surface area (TPSA) is 75.6 Å². The molecule has 126 valence electrons. The van der Waals surface area contributed by atoms with Crippen LogP contribution in [0.3, 0.4) is 0 Å². The Morgan fingerprint density at radius 2 is 1.83 bits per heavy atom. The van der Waals surface area contributed by atoms with Gasteiger partial charge in [0.05, 0.1) is 17.4 Å². The van der Waals surface area contributed by atoms with E-state index in [9.17, 15) is 9.59 Å². The number of carboxylic acids is 1. The van der Waals surface area contributed by atoms with Gasteiger partial charge in [0.2, 0.25) is 5.91 Å². The van der Waals surface area contributed by atoms with Gasteiger partial charge in [-0.3, -0.25) is 4.79 Å². The molecule has 24 heavy (non-hydrogen) atoms. The van der Waals surface area contributed by atoms with E-state index in [1.54, 1.807) is 6.07 Å². The number of aromatic carboxylic acids is 1. The van der Waals surface area contributed by atoms with Crippen LogP contribution in [-0.2, 0) is 11.2 Å². The second-order valence-electron chi connectivity index (χ2n) is 5.72. The first-order chi connectivity index (χ1) is 11.5. The van der Waals surface area contributed by atoms with Crippen LogP contribution in [0.1, 0.15) is 36.2 Å². The van der Waals surface area contributed by atoms with Crippen LogP contribution in [0.4, 0.5) is 5.69 Å². The summed E-state index contributed by atoms with van der Waals surface area (Å²) in [6, 6.07) is 14.2. The van der Waals surface area contributed by atoms with Crippen molar-refractivity contribution in [3.05, 3.63) is 59.7 Å². The first-order valence-electron chi connectivity index (χ1n) is 7.83. The molecule has 2 aromatic carbocycles. The molecule has 0 aliphatic carbocycles. The number of hydrogen-bond donors (Lipinski definition) is 2. The monoisotopic (exact) mass is 327 g/mol. The highest BCUT2D eigenvalue weighted by Crippen LogP contribution is 2.27. The lowest BCUT2D eigenvalue weighted by atomic mass is 10.1. The minimum absolute atomic E-state index is 0.0827. The predicted molar refractivity (Wildman–Crippen MR) is 92.6 cm³/mol. The van der Waals surface area contributed by atoms with Crippen molar-refractivity contribution < 1.29 is 19.4 Å². The molecule has 0 bridgehead atoms. The van der Waals surface area contributed by atoms with Gasteiger partial charge in [0.1, 0.15) is 5.75 Å². The Morgan fingerprint density at radius 3 is 2.46 bits per heavy atom. The summed E-state index contributed by atoms with van der Waals surface area (Å²) in [5.74, 6) is -0.774. The van der Waals surface area contributed by atoms with Gasteiger partial charge in [-0.1, -0.05) is 30.3 Å². The van der Waals surface area contributed by atoms with Crippen LogP contribution >= 0.6 is 0 Å². The Balaban J connectivity index is 2.09. The van der Waals surface area contributed by atoms with Crippen molar-refractivity contribution >= 4 is 17.6 Å². The van der Waals surface area contributed by atoms with Gasteiger partial charge in [-0.05, 0) is 44.0 Å². The Bertz CT molecular complexity index is 711. The van der Waals surface area contributed by atoms with Crippen molar-refractivity contribution in [1.29, 1.82) is 0 Å². The molecule has 0 unspecified atom stereocenters. The fourth-order valence-corrected chi connectivity index (χ4v) is 2.23. The van der Waals surface area contributed by atoms with Crippen molar-refractivity contribution in [2.75, 3.05) is 5.32 Å². The van der Waals surface area contributed by atoms with Crippen LogP contribution in [0, 0.1) is 0 Å². The molecule has 0 spiro atoms. The van der Waals surface area contributed by atoms with E-state index in [0.717, 1.165) is 5.56 Å². The largest absolute Gasteiger partial charge is 0.489 e. The SMILES string of the molecule is CC(C)Oc1ccc(C(=O)O)cc1NC(=O)CCc1ccccc1. The standard InChI is InChI=1S/C19H21NO4/c1-13(2)24-17-10-9-15(19(22)23)12-16(17)20-18(21)11-8-14-6-4-3-5-7-14/h3-7,9-10,12-13H,8,11H2,1-2H3,(H,20,21)(H,22,23). The van der Waals surface area contributed by atoms with Crippen LogP contribution in [0.5, 0.6) is 5.75 Å². The number of hydrogen-bond acceptors (Lipinski definition) is 3. The van der Waals surface area contributed by atoms with E-state index < -0.39 is 5.97 Å². The number of anilines is 1. The Kier molecular flexibility index (Phi) is 5.95. The van der Waals surface area contributed by atoms with Gasteiger partial charge < -0.3 is 15.2 Å². The number of carbonyl (C=O) groups is 2. The van der Waals surface area contributed by atoms with Gasteiger partial charge in [0.15, 0.2) is 0 Å². The van der Waals surface area contributed by atoms with Crippen molar-refractivity contribution in [1.82, 2.24) is 0 Å². The quantitative estimate of drug-likeness (QED) is 0.812. The van der Waals surface area contributed by atoms with Gasteiger partial charge >= 0.3 is 5.97 Å². The van der Waals surface area contributed by atoms with Crippen LogP contribution in [0.15, 0.2) is 48.5 Å². The summed E-state index contributed by atoms with van der Waals surface area (Å²) in [6.45, 7) is 3.73. The zero-order chi connectivity index (χ0) is 17.5. The van der Waals surface area contributed by atoms with Gasteiger partial charge in [-0.25, -0.2) is 4.79 Å². The summed E-state index contributed by atoms with van der Waals surface area (Å²) < 4.78 is 5.64. The molecule has 5 heteroatoms. The second-order valence-corrected chi connectivity index (χ2v) is 5.72. The number of carbonyl (C=O) groups excluding carboxylic acids is 1. The Labute approximate surface area is 141 Å². The highest BCUT2D eigenvalue weighted by atomic mass is 16.5. The lowest BCUT2D eigenvalue weighted by Crippen LogP contribution is -2.15. The van der Waals surface area contributed by atoms with Crippen LogP contribution in [-0.4, -0.2) is 23.1 Å². The maximum Gasteiger partial charge on any atom is 0.335 e. The molecular formula is C19H21NO4. The molecule has 0 saturated heterocycles. The van der Waals surface area contributed by atoms with E-state index >= 15 is 0 Å². The highest BCUT2D eigenvalue weighted by Gasteiger charge is 2.13. The highest BCUT2D eigenvalue weighted by molar-refractivity contribution is 5.95. The fraction of sp³-hybridized carbons (Fsp3) is 0.263. The Morgan fingerprint density at radius 1 is 1.12 bits per heavy atom. The lowest BCUT2D eigenvalue weighted by Gasteiger charge is -2.15. The predicted octanol–water partition coefficient (Wildman–Crippen LogP) is 3.74. The van der Waals surface area contributed by atoms with E-state index in [2.05, 4.69) is 5.32 Å². The number of nitrogens with one attached hydrogen (secondary N) is 1. The number of aryl methyl sites for hydroxylation is 1. The molecule has 0 atom stereocenters. The molecule has 2 aromatic rings. The van der Waals surface area contributed by atoms with Crippen molar-refractivity contribution in [3.8, 4) is 5.75 Å². The molecule has 1 amide bonds. The first kappa shape index (κ1) is 17.5. The van der Waals surface area contributed by atoms with E-state index in [1.807, 2.05) is 44.2 Å². The fourth-order valence-electron chi connectivity index (χ4n) is 2.23. The first-order valence-corrected chi connectivity index (χ1v) is 7.83. The summed E-state index contributed by atoms with van der Waals surface area (Å²) in [5, 5.41) is 11.9. The Hall–Kier alpha value is -2.82. The minimum atomic E-state index is -1.05. The van der Waals surface area contributed by atoms with Crippen molar-refractivity contribution in [3.63, 3.8) is 0 Å². The molecule has 0 fully saturated rings. The van der Waals surface area contributed by atoms with Crippen LogP contribution in [0.2, 0.25) is 0 Å². The molecule has 5 nitrogen and oxygen atoms in total. The van der Waals surface area contributed by atoms with E-state index in [1.165, 1.54) is 12.1 Å². The summed E-state index contributed by atoms with van der Waals surface area (Å²) >= 11 is 0. The average Bonchev–Trinajstić information content (AvgIpc) is 2.55. The van der Waals surface area contributed by atoms with Crippen molar-refractivity contribution in [2.24, 2.45) is 0 Å². The smallest absolute Gasteiger partial charge is 0.335 e. The molecule has 0 aliphatic heterocycles. The number of benzene rings is 2. The minimum Gasteiger partial charge on any atom is -0.489 e. The van der Waals surface area contributed by atoms with E-state index in [4.69, 9.17) is 9.84 Å². The van der Waals surface area contributed by atoms with Crippen molar-refractivity contribution in [2.45, 2.75) is 32.8 Å². The van der Waals surface area contributed by atoms with E-state index in [-0.39, 0.29) is 17.6 Å². The van der Waals surface area contributed by atoms with Crippen LogP contribution < -0.4 is 10.1 Å². The molecule has 0 saturated carbocycles. The summed E-state index contributed by atoms with van der Waals surface area (Å²) in [4.78, 5) is 23.3. The molecule has 0 radical (unpaired) electrons. The summed E-state index contributed by atoms with van der Waals surface area (Å²) in [5.41, 5.74) is 1.55. The third-order valence-electron chi connectivity index (χ3n) is 3.35. The lowest BCUT2D eigenvalue weighted by molar-refractivity contribution is -0.116. The zero-order valence-corrected chi connectivity index (χ0v) is 13.8. The summed E-state index contributed by atoms with van der Waals surface area (Å²) in [6.07, 6.45) is 0.842. The second kappa shape index (κ2) is 8.15. The number of amides is 1. The molecule has 0 aromatic heterocycles. The van der Waals surface area contributed by atoms with E-state index in [0.29, 0.717) is 24.3 Å². The third-order valence-corrected chi connectivity index (χ3v) is 3.35. The average molecular weight is 327 g/mol. The van der Waals surface area contributed by atoms with Gasteiger partial charge in [0, 0.05) is 6.42 Å².